The molecule has 0 bridgehead atoms. The first-order chi connectivity index (χ1) is 7.17. The van der Waals surface area contributed by atoms with Crippen molar-refractivity contribution >= 4 is 0 Å². The summed E-state index contributed by atoms with van der Waals surface area (Å²) in [6.45, 7) is 6.48. The maximum absolute atomic E-state index is 12.8. The van der Waals surface area contributed by atoms with E-state index in [4.69, 9.17) is 0 Å². The Morgan fingerprint density at radius 1 is 1.13 bits per heavy atom. The fraction of sp³-hybridized carbons (Fsp3) is 0.538. The molecule has 1 nitrogen and oxygen atoms in total. The van der Waals surface area contributed by atoms with Crippen molar-refractivity contribution in [3.05, 3.63) is 35.6 Å². The van der Waals surface area contributed by atoms with Gasteiger partial charge in [-0.3, -0.25) is 0 Å². The van der Waals surface area contributed by atoms with Gasteiger partial charge in [-0.2, -0.15) is 0 Å². The van der Waals surface area contributed by atoms with E-state index in [2.05, 4.69) is 26.1 Å². The molecular weight excluding hydrogens is 189 g/mol. The highest BCUT2D eigenvalue weighted by Gasteiger charge is 2.10. The Morgan fingerprint density at radius 2 is 1.73 bits per heavy atom. The van der Waals surface area contributed by atoms with Crippen LogP contribution in [-0.4, -0.2) is 6.04 Å². The molecule has 0 heterocycles. The molecule has 0 saturated heterocycles. The van der Waals surface area contributed by atoms with Crippen LogP contribution in [0.15, 0.2) is 24.3 Å². The minimum atomic E-state index is -0.169. The summed E-state index contributed by atoms with van der Waals surface area (Å²) >= 11 is 0. The van der Waals surface area contributed by atoms with Gasteiger partial charge in [0.1, 0.15) is 5.82 Å². The van der Waals surface area contributed by atoms with Gasteiger partial charge in [0.15, 0.2) is 0 Å². The van der Waals surface area contributed by atoms with Crippen molar-refractivity contribution in [2.24, 2.45) is 0 Å². The zero-order valence-corrected chi connectivity index (χ0v) is 9.76. The summed E-state index contributed by atoms with van der Waals surface area (Å²) in [5, 5.41) is 3.53. The largest absolute Gasteiger partial charge is 0.307 e. The molecule has 0 amide bonds. The number of hydrogen-bond donors (Lipinski definition) is 1. The lowest BCUT2D eigenvalue weighted by atomic mass is 10.0. The van der Waals surface area contributed by atoms with E-state index < -0.39 is 0 Å². The van der Waals surface area contributed by atoms with E-state index in [0.717, 1.165) is 12.8 Å². The second kappa shape index (κ2) is 5.86. The van der Waals surface area contributed by atoms with E-state index in [1.165, 1.54) is 17.7 Å². The molecule has 2 unspecified atom stereocenters. The molecule has 0 aromatic heterocycles. The molecule has 0 fully saturated rings. The summed E-state index contributed by atoms with van der Waals surface area (Å²) in [5.41, 5.74) is 1.17. The zero-order valence-electron chi connectivity index (χ0n) is 9.76. The molecule has 2 heteroatoms. The van der Waals surface area contributed by atoms with Crippen LogP contribution >= 0.6 is 0 Å². The van der Waals surface area contributed by atoms with Crippen LogP contribution in [0.25, 0.3) is 0 Å². The third-order valence-electron chi connectivity index (χ3n) is 2.78. The molecule has 0 aliphatic heterocycles. The van der Waals surface area contributed by atoms with Crippen LogP contribution in [0.2, 0.25) is 0 Å². The highest BCUT2D eigenvalue weighted by molar-refractivity contribution is 5.19. The van der Waals surface area contributed by atoms with E-state index >= 15 is 0 Å². The molecule has 0 aliphatic rings. The summed E-state index contributed by atoms with van der Waals surface area (Å²) in [6, 6.07) is 7.60. The molecule has 1 rings (SSSR count). The molecule has 0 aliphatic carbocycles. The zero-order chi connectivity index (χ0) is 11.3. The minimum absolute atomic E-state index is 0.169. The predicted molar refractivity (Wildman–Crippen MR) is 62.3 cm³/mol. The second-order valence-corrected chi connectivity index (χ2v) is 3.99. The SMILES string of the molecule is CCC(C)NC(CC)c1ccc(F)cc1. The van der Waals surface area contributed by atoms with Gasteiger partial charge < -0.3 is 5.32 Å². The lowest BCUT2D eigenvalue weighted by molar-refractivity contribution is 0.437. The predicted octanol–water partition coefficient (Wildman–Crippen LogP) is 3.66. The van der Waals surface area contributed by atoms with Gasteiger partial charge >= 0.3 is 0 Å². The van der Waals surface area contributed by atoms with Crippen LogP contribution in [0.4, 0.5) is 4.39 Å². The fourth-order valence-electron chi connectivity index (χ4n) is 1.61. The quantitative estimate of drug-likeness (QED) is 0.780. The first kappa shape index (κ1) is 12.2. The van der Waals surface area contributed by atoms with Crippen LogP contribution < -0.4 is 5.32 Å². The molecule has 1 aromatic carbocycles. The van der Waals surface area contributed by atoms with Crippen LogP contribution in [0.3, 0.4) is 0 Å². The van der Waals surface area contributed by atoms with E-state index in [1.54, 1.807) is 0 Å². The molecule has 0 radical (unpaired) electrons. The van der Waals surface area contributed by atoms with E-state index in [9.17, 15) is 4.39 Å². The van der Waals surface area contributed by atoms with Gasteiger partial charge in [-0.1, -0.05) is 26.0 Å². The topological polar surface area (TPSA) is 12.0 Å². The normalized spacial score (nSPS) is 14.9. The van der Waals surface area contributed by atoms with Crippen LogP contribution in [0.5, 0.6) is 0 Å². The Kier molecular flexibility index (Phi) is 4.76. The smallest absolute Gasteiger partial charge is 0.123 e. The van der Waals surface area contributed by atoms with Crippen molar-refractivity contribution in [3.63, 3.8) is 0 Å². The molecule has 1 aromatic rings. The van der Waals surface area contributed by atoms with Gasteiger partial charge in [0.2, 0.25) is 0 Å². The van der Waals surface area contributed by atoms with Crippen molar-refractivity contribution in [2.75, 3.05) is 0 Å². The van der Waals surface area contributed by atoms with Gasteiger partial charge in [0.25, 0.3) is 0 Å². The number of hydrogen-bond acceptors (Lipinski definition) is 1. The number of rotatable bonds is 5. The average Bonchev–Trinajstić information content (AvgIpc) is 2.27. The summed E-state index contributed by atoms with van der Waals surface area (Å²) < 4.78 is 12.8. The Morgan fingerprint density at radius 3 is 2.20 bits per heavy atom. The van der Waals surface area contributed by atoms with Crippen LogP contribution in [0.1, 0.15) is 45.2 Å². The monoisotopic (exact) mass is 209 g/mol. The fourth-order valence-corrected chi connectivity index (χ4v) is 1.61. The van der Waals surface area contributed by atoms with Crippen LogP contribution in [-0.2, 0) is 0 Å². The van der Waals surface area contributed by atoms with Crippen molar-refractivity contribution in [3.8, 4) is 0 Å². The molecule has 1 N–H and O–H groups in total. The first-order valence-corrected chi connectivity index (χ1v) is 5.68. The second-order valence-electron chi connectivity index (χ2n) is 3.99. The van der Waals surface area contributed by atoms with E-state index in [0.29, 0.717) is 12.1 Å². The summed E-state index contributed by atoms with van der Waals surface area (Å²) in [6.07, 6.45) is 2.13. The average molecular weight is 209 g/mol. The number of benzene rings is 1. The molecule has 84 valence electrons. The van der Waals surface area contributed by atoms with E-state index in [1.807, 2.05) is 12.1 Å². The molecule has 0 spiro atoms. The minimum Gasteiger partial charge on any atom is -0.307 e. The standard InChI is InChI=1S/C13H20FN/c1-4-10(3)15-13(5-2)11-6-8-12(14)9-7-11/h6-10,13,15H,4-5H2,1-3H3. The van der Waals surface area contributed by atoms with Crippen molar-refractivity contribution in [1.29, 1.82) is 0 Å². The summed E-state index contributed by atoms with van der Waals surface area (Å²) in [4.78, 5) is 0. The highest BCUT2D eigenvalue weighted by Crippen LogP contribution is 2.17. The van der Waals surface area contributed by atoms with Gasteiger partial charge in [-0.05, 0) is 37.5 Å². The van der Waals surface area contributed by atoms with Gasteiger partial charge in [-0.15, -0.1) is 0 Å². The number of nitrogens with one attached hydrogen (secondary N) is 1. The Labute approximate surface area is 91.7 Å². The van der Waals surface area contributed by atoms with Gasteiger partial charge in [-0.25, -0.2) is 4.39 Å². The van der Waals surface area contributed by atoms with Crippen molar-refractivity contribution in [2.45, 2.75) is 45.7 Å². The van der Waals surface area contributed by atoms with Gasteiger partial charge in [0.05, 0.1) is 0 Å². The Bertz CT molecular complexity index is 281. The summed E-state index contributed by atoms with van der Waals surface area (Å²) in [5.74, 6) is -0.169. The summed E-state index contributed by atoms with van der Waals surface area (Å²) in [7, 11) is 0. The van der Waals surface area contributed by atoms with Crippen molar-refractivity contribution in [1.82, 2.24) is 5.32 Å². The Balaban J connectivity index is 2.69. The first-order valence-electron chi connectivity index (χ1n) is 5.68. The number of halogens is 1. The maximum atomic E-state index is 12.8. The molecular formula is C13H20FN. The molecule has 2 atom stereocenters. The molecule has 0 saturated carbocycles. The third-order valence-corrected chi connectivity index (χ3v) is 2.78. The third kappa shape index (κ3) is 3.63. The van der Waals surface area contributed by atoms with Gasteiger partial charge in [0, 0.05) is 12.1 Å². The maximum Gasteiger partial charge on any atom is 0.123 e. The van der Waals surface area contributed by atoms with E-state index in [-0.39, 0.29) is 5.82 Å². The lowest BCUT2D eigenvalue weighted by Gasteiger charge is -2.21. The van der Waals surface area contributed by atoms with Crippen molar-refractivity contribution < 1.29 is 4.39 Å². The lowest BCUT2D eigenvalue weighted by Crippen LogP contribution is -2.29. The highest BCUT2D eigenvalue weighted by atomic mass is 19.1. The van der Waals surface area contributed by atoms with Crippen LogP contribution in [0, 0.1) is 5.82 Å². The molecule has 15 heavy (non-hydrogen) atoms. The Hall–Kier alpha value is -0.890.